The van der Waals surface area contributed by atoms with Crippen LogP contribution < -0.4 is 14.8 Å². The summed E-state index contributed by atoms with van der Waals surface area (Å²) >= 11 is 14.9. The van der Waals surface area contributed by atoms with Crippen molar-refractivity contribution in [2.75, 3.05) is 19.5 Å². The van der Waals surface area contributed by atoms with Gasteiger partial charge in [-0.2, -0.15) is 0 Å². The molecule has 3 aromatic rings. The third-order valence-corrected chi connectivity index (χ3v) is 9.34. The zero-order valence-corrected chi connectivity index (χ0v) is 22.3. The van der Waals surface area contributed by atoms with Crippen LogP contribution in [-0.2, 0) is 24.1 Å². The minimum absolute atomic E-state index is 0.376. The van der Waals surface area contributed by atoms with Crippen LogP contribution in [0.15, 0.2) is 66.7 Å². The largest absolute Gasteiger partial charge is 0.497 e. The molecule has 0 radical (unpaired) electrons. The van der Waals surface area contributed by atoms with Crippen LogP contribution in [0.3, 0.4) is 0 Å². The first kappa shape index (κ1) is 24.8. The second kappa shape index (κ2) is 8.48. The van der Waals surface area contributed by atoms with Gasteiger partial charge in [0.2, 0.25) is 17.7 Å². The van der Waals surface area contributed by atoms with Crippen molar-refractivity contribution >= 4 is 46.6 Å². The lowest BCUT2D eigenvalue weighted by Gasteiger charge is -2.54. The number of imide groups is 1. The molecule has 0 unspecified atom stereocenters. The average Bonchev–Trinajstić information content (AvgIpc) is 3.22. The molecule has 1 heterocycles. The number of nitrogens with zero attached hydrogens (tertiary/aromatic N) is 1. The maximum Gasteiger partial charge on any atom is 0.247 e. The Balaban J connectivity index is 1.41. The second-order valence-electron chi connectivity index (χ2n) is 9.75. The molecule has 3 amide bonds. The maximum atomic E-state index is 14.1. The highest BCUT2D eigenvalue weighted by Gasteiger charge is 2.73. The smallest absolute Gasteiger partial charge is 0.247 e. The first-order valence-electron chi connectivity index (χ1n) is 12.2. The quantitative estimate of drug-likeness (QED) is 0.370. The first-order valence-corrected chi connectivity index (χ1v) is 12.9. The fraction of sp³-hybridized carbons (Fsp3) is 0.276. The van der Waals surface area contributed by atoms with Crippen molar-refractivity contribution < 1.29 is 23.9 Å². The number of hydrogen-bond acceptors (Lipinski definition) is 5. The molecule has 1 fully saturated rings. The molecule has 38 heavy (non-hydrogen) atoms. The summed E-state index contributed by atoms with van der Waals surface area (Å²) in [5.74, 6) is -2.60. The predicted molar refractivity (Wildman–Crippen MR) is 143 cm³/mol. The zero-order valence-electron chi connectivity index (χ0n) is 20.8. The van der Waals surface area contributed by atoms with Gasteiger partial charge in [0.1, 0.15) is 27.3 Å². The normalized spacial score (nSPS) is 27.3. The number of methoxy groups -OCH3 is 2. The highest BCUT2D eigenvalue weighted by molar-refractivity contribution is 6.36. The van der Waals surface area contributed by atoms with Gasteiger partial charge in [-0.1, -0.05) is 48.5 Å². The topological polar surface area (TPSA) is 84.9 Å². The predicted octanol–water partition coefficient (Wildman–Crippen LogP) is 4.62. The summed E-state index contributed by atoms with van der Waals surface area (Å²) in [7, 11) is 2.99. The lowest BCUT2D eigenvalue weighted by atomic mass is 9.54. The molecule has 2 bridgehead atoms. The highest BCUT2D eigenvalue weighted by Crippen LogP contribution is 2.69. The van der Waals surface area contributed by atoms with Crippen LogP contribution in [0.1, 0.15) is 29.2 Å². The number of hydrogen-bond donors (Lipinski definition) is 1. The van der Waals surface area contributed by atoms with E-state index in [0.717, 1.165) is 4.90 Å². The summed E-state index contributed by atoms with van der Waals surface area (Å²) in [5, 5.41) is 2.77. The van der Waals surface area contributed by atoms with Gasteiger partial charge < -0.3 is 14.8 Å². The summed E-state index contributed by atoms with van der Waals surface area (Å²) in [5.41, 5.74) is 3.21. The molecule has 3 aliphatic carbocycles. The molecule has 7 nitrogen and oxygen atoms in total. The summed E-state index contributed by atoms with van der Waals surface area (Å²) in [6.45, 7) is 1.52. The molecule has 0 aromatic heterocycles. The van der Waals surface area contributed by atoms with Crippen LogP contribution >= 0.6 is 23.2 Å². The molecule has 194 valence electrons. The van der Waals surface area contributed by atoms with Crippen molar-refractivity contribution in [3.63, 3.8) is 0 Å². The van der Waals surface area contributed by atoms with Gasteiger partial charge in [-0.25, -0.2) is 0 Å². The number of likely N-dealkylation sites (tertiary alicyclic amines) is 1. The molecule has 3 atom stereocenters. The van der Waals surface area contributed by atoms with E-state index in [-0.39, 0.29) is 0 Å². The van der Waals surface area contributed by atoms with Crippen molar-refractivity contribution in [3.05, 3.63) is 89.0 Å². The van der Waals surface area contributed by atoms with Crippen LogP contribution in [0.4, 0.5) is 5.69 Å². The van der Waals surface area contributed by atoms with Crippen molar-refractivity contribution in [3.8, 4) is 11.5 Å². The Bertz CT molecular complexity index is 1400. The molecular formula is C29H24Cl2N2O5. The minimum atomic E-state index is -1.30. The van der Waals surface area contributed by atoms with Gasteiger partial charge in [-0.15, -0.1) is 23.2 Å². The third-order valence-electron chi connectivity index (χ3n) is 8.05. The fourth-order valence-corrected chi connectivity index (χ4v) is 7.42. The van der Waals surface area contributed by atoms with Crippen molar-refractivity contribution in [1.82, 2.24) is 4.90 Å². The number of halogens is 2. The lowest BCUT2D eigenvalue weighted by molar-refractivity contribution is -0.146. The maximum absolute atomic E-state index is 14.1. The van der Waals surface area contributed by atoms with E-state index < -0.39 is 45.3 Å². The average molecular weight is 551 g/mol. The molecule has 1 saturated heterocycles. The molecule has 1 aliphatic heterocycles. The van der Waals surface area contributed by atoms with E-state index in [9.17, 15) is 14.4 Å². The zero-order chi connectivity index (χ0) is 27.0. The van der Waals surface area contributed by atoms with Crippen molar-refractivity contribution in [2.45, 2.75) is 22.7 Å². The highest BCUT2D eigenvalue weighted by atomic mass is 35.5. The van der Waals surface area contributed by atoms with Crippen molar-refractivity contribution in [2.24, 2.45) is 11.8 Å². The molecule has 0 saturated carbocycles. The molecular weight excluding hydrogens is 527 g/mol. The lowest BCUT2D eigenvalue weighted by Crippen LogP contribution is -2.57. The van der Waals surface area contributed by atoms with E-state index in [4.69, 9.17) is 32.7 Å². The standard InChI is InChI=1S/C29H24Cl2N2O5/c1-15(25(34)32-21-13-12-16(37-2)14-22(21)38-3)33-26(35)23-24(27(33)36)29(31)18-9-5-4-8-17(18)28(23,30)19-10-6-7-11-20(19)29/h4-15,23-24H,1-3H3,(H,32,34)/t15-,23-,24-,28?,29?/m0/s1. The Hall–Kier alpha value is -3.55. The number of nitrogens with one attached hydrogen (secondary N) is 1. The number of rotatable bonds is 5. The molecule has 0 spiro atoms. The van der Waals surface area contributed by atoms with Gasteiger partial charge in [0, 0.05) is 6.07 Å². The van der Waals surface area contributed by atoms with Crippen LogP contribution in [0, 0.1) is 11.8 Å². The molecule has 1 N–H and O–H groups in total. The molecule has 3 aromatic carbocycles. The van der Waals surface area contributed by atoms with Crippen molar-refractivity contribution in [1.29, 1.82) is 0 Å². The monoisotopic (exact) mass is 550 g/mol. The summed E-state index contributed by atoms with van der Waals surface area (Å²) in [6, 6.07) is 18.6. The SMILES string of the molecule is COc1ccc(NC(=O)[C@H](C)N2C(=O)[C@@H]3[C@@H](C2=O)C2(Cl)c4ccccc4C3(Cl)c3ccccc32)c(OC)c1. The Labute approximate surface area is 229 Å². The third kappa shape index (κ3) is 3.00. The van der Waals surface area contributed by atoms with Gasteiger partial charge in [0.05, 0.1) is 31.7 Å². The number of carbonyl (C=O) groups excluding carboxylic acids is 3. The summed E-state index contributed by atoms with van der Waals surface area (Å²) in [6.07, 6.45) is 0. The Kier molecular flexibility index (Phi) is 5.53. The number of amides is 3. The van der Waals surface area contributed by atoms with Gasteiger partial charge in [-0.3, -0.25) is 19.3 Å². The number of anilines is 1. The molecule has 9 heteroatoms. The first-order chi connectivity index (χ1) is 18.2. The fourth-order valence-electron chi connectivity index (χ4n) is 6.33. The van der Waals surface area contributed by atoms with Gasteiger partial charge in [0.25, 0.3) is 0 Å². The Morgan fingerprint density at radius 1 is 0.842 bits per heavy atom. The number of ether oxygens (including phenoxy) is 2. The Morgan fingerprint density at radius 2 is 1.32 bits per heavy atom. The Morgan fingerprint density at radius 3 is 1.74 bits per heavy atom. The van der Waals surface area contributed by atoms with Crippen LogP contribution in [-0.4, -0.2) is 42.9 Å². The van der Waals surface area contributed by atoms with E-state index in [0.29, 0.717) is 39.4 Å². The molecule has 7 rings (SSSR count). The van der Waals surface area contributed by atoms with Gasteiger partial charge in [0.15, 0.2) is 0 Å². The van der Waals surface area contributed by atoms with Crippen LogP contribution in [0.5, 0.6) is 11.5 Å². The number of benzene rings is 3. The van der Waals surface area contributed by atoms with Gasteiger partial charge >= 0.3 is 0 Å². The molecule has 4 aliphatic rings. The van der Waals surface area contributed by atoms with E-state index in [1.165, 1.54) is 21.1 Å². The van der Waals surface area contributed by atoms with E-state index in [2.05, 4.69) is 5.32 Å². The van der Waals surface area contributed by atoms with Gasteiger partial charge in [-0.05, 0) is 41.3 Å². The van der Waals surface area contributed by atoms with E-state index in [1.54, 1.807) is 18.2 Å². The number of alkyl halides is 2. The number of carbonyl (C=O) groups is 3. The minimum Gasteiger partial charge on any atom is -0.497 e. The van der Waals surface area contributed by atoms with Crippen LogP contribution in [0.2, 0.25) is 0 Å². The summed E-state index contributed by atoms with van der Waals surface area (Å²) in [4.78, 5) is 39.9. The van der Waals surface area contributed by atoms with E-state index in [1.807, 2.05) is 48.5 Å². The summed E-state index contributed by atoms with van der Waals surface area (Å²) < 4.78 is 10.6. The van der Waals surface area contributed by atoms with E-state index >= 15 is 0 Å². The second-order valence-corrected chi connectivity index (χ2v) is 10.9. The van der Waals surface area contributed by atoms with Crippen LogP contribution in [0.25, 0.3) is 0 Å².